The summed E-state index contributed by atoms with van der Waals surface area (Å²) in [6.45, 7) is 8.33. The number of amides is 1. The number of nitrogens with one attached hydrogen (secondary N) is 1. The number of piperazine rings is 1. The molecule has 0 unspecified atom stereocenters. The second-order valence-electron chi connectivity index (χ2n) is 8.96. The molecule has 184 valence electrons. The minimum Gasteiger partial charge on any atom is -0.336 e. The maximum atomic E-state index is 13.4. The molecule has 4 aromatic rings. The first kappa shape index (κ1) is 24.5. The van der Waals surface area contributed by atoms with E-state index in [-0.39, 0.29) is 5.91 Å². The van der Waals surface area contributed by atoms with Gasteiger partial charge in [0.1, 0.15) is 5.82 Å². The van der Waals surface area contributed by atoms with Crippen LogP contribution in [0.3, 0.4) is 0 Å². The lowest BCUT2D eigenvalue weighted by molar-refractivity contribution is 0.0627. The molecule has 8 heteroatoms. The number of carbonyl (C=O) groups is 1. The fourth-order valence-electron chi connectivity index (χ4n) is 4.15. The number of pyridine rings is 1. The zero-order valence-corrected chi connectivity index (χ0v) is 22.1. The van der Waals surface area contributed by atoms with Crippen molar-refractivity contribution in [3.63, 3.8) is 0 Å². The van der Waals surface area contributed by atoms with Crippen molar-refractivity contribution in [2.24, 2.45) is 0 Å². The number of benzene rings is 2. The third-order valence-corrected chi connectivity index (χ3v) is 8.23. The van der Waals surface area contributed by atoms with E-state index in [0.717, 1.165) is 63.9 Å². The van der Waals surface area contributed by atoms with Crippen LogP contribution in [0.25, 0.3) is 0 Å². The Kier molecular flexibility index (Phi) is 7.65. The Labute approximate surface area is 220 Å². The van der Waals surface area contributed by atoms with E-state index in [2.05, 4.69) is 57.4 Å². The van der Waals surface area contributed by atoms with Gasteiger partial charge in [0.2, 0.25) is 0 Å². The SMILES string of the molecule is Cc1ccc(CN2CCN(C(=O)c3cc(Sc4cnc(Nc5ccccn5)s4)ccc3C)CC2)cc1. The van der Waals surface area contributed by atoms with Crippen LogP contribution in [0.2, 0.25) is 0 Å². The Balaban J connectivity index is 1.19. The molecule has 3 heterocycles. The zero-order chi connectivity index (χ0) is 24.9. The number of carbonyl (C=O) groups excluding carboxylic acids is 1. The molecule has 1 amide bonds. The molecular formula is C28H29N5OS2. The van der Waals surface area contributed by atoms with Gasteiger partial charge in [0, 0.05) is 49.4 Å². The number of anilines is 2. The minimum absolute atomic E-state index is 0.117. The third-order valence-electron chi connectivity index (χ3n) is 6.23. The molecule has 0 aliphatic carbocycles. The fraction of sp³-hybridized carbons (Fsp3) is 0.250. The molecule has 0 radical (unpaired) electrons. The highest BCUT2D eigenvalue weighted by Gasteiger charge is 2.23. The first-order valence-electron chi connectivity index (χ1n) is 12.0. The van der Waals surface area contributed by atoms with E-state index in [1.807, 2.05) is 48.4 Å². The molecule has 0 spiro atoms. The van der Waals surface area contributed by atoms with Crippen LogP contribution in [0.4, 0.5) is 10.9 Å². The van der Waals surface area contributed by atoms with Crippen LogP contribution in [-0.2, 0) is 6.54 Å². The number of aromatic nitrogens is 2. The first-order chi connectivity index (χ1) is 17.5. The number of rotatable bonds is 7. The van der Waals surface area contributed by atoms with Crippen LogP contribution in [0.15, 0.2) is 82.2 Å². The fourth-order valence-corrected chi connectivity index (χ4v) is 6.05. The first-order valence-corrected chi connectivity index (χ1v) is 13.7. The normalized spacial score (nSPS) is 14.1. The summed E-state index contributed by atoms with van der Waals surface area (Å²) in [4.78, 5) is 27.6. The number of aryl methyl sites for hydroxylation is 2. The molecule has 1 N–H and O–H groups in total. The van der Waals surface area contributed by atoms with Crippen molar-refractivity contribution in [1.29, 1.82) is 0 Å². The maximum Gasteiger partial charge on any atom is 0.254 e. The van der Waals surface area contributed by atoms with Crippen molar-refractivity contribution in [2.75, 3.05) is 31.5 Å². The predicted molar refractivity (Wildman–Crippen MR) is 147 cm³/mol. The van der Waals surface area contributed by atoms with Gasteiger partial charge in [-0.3, -0.25) is 9.69 Å². The van der Waals surface area contributed by atoms with Crippen molar-refractivity contribution in [1.82, 2.24) is 19.8 Å². The van der Waals surface area contributed by atoms with Gasteiger partial charge >= 0.3 is 0 Å². The Morgan fingerprint density at radius 2 is 1.81 bits per heavy atom. The van der Waals surface area contributed by atoms with E-state index in [1.165, 1.54) is 11.1 Å². The lowest BCUT2D eigenvalue weighted by Gasteiger charge is -2.35. The summed E-state index contributed by atoms with van der Waals surface area (Å²) in [6.07, 6.45) is 3.61. The molecule has 1 aliphatic heterocycles. The van der Waals surface area contributed by atoms with E-state index in [0.29, 0.717) is 0 Å². The van der Waals surface area contributed by atoms with Crippen LogP contribution in [-0.4, -0.2) is 51.9 Å². The van der Waals surface area contributed by atoms with Gasteiger partial charge in [0.15, 0.2) is 5.13 Å². The van der Waals surface area contributed by atoms with Crippen molar-refractivity contribution in [3.05, 3.63) is 95.3 Å². The highest BCUT2D eigenvalue weighted by atomic mass is 32.2. The van der Waals surface area contributed by atoms with Crippen molar-refractivity contribution in [3.8, 4) is 0 Å². The van der Waals surface area contributed by atoms with Gasteiger partial charge < -0.3 is 10.2 Å². The lowest BCUT2D eigenvalue weighted by Crippen LogP contribution is -2.48. The maximum absolute atomic E-state index is 13.4. The number of thiazole rings is 1. The van der Waals surface area contributed by atoms with E-state index in [9.17, 15) is 4.79 Å². The second-order valence-corrected chi connectivity index (χ2v) is 11.4. The van der Waals surface area contributed by atoms with Crippen LogP contribution in [0, 0.1) is 13.8 Å². The third kappa shape index (κ3) is 6.13. The van der Waals surface area contributed by atoms with Gasteiger partial charge in [-0.15, -0.1) is 0 Å². The van der Waals surface area contributed by atoms with Gasteiger partial charge in [0.25, 0.3) is 5.91 Å². The topological polar surface area (TPSA) is 61.4 Å². The molecule has 1 aliphatic rings. The van der Waals surface area contributed by atoms with Crippen LogP contribution >= 0.6 is 23.1 Å². The molecular weight excluding hydrogens is 486 g/mol. The largest absolute Gasteiger partial charge is 0.336 e. The summed E-state index contributed by atoms with van der Waals surface area (Å²) in [5.74, 6) is 0.886. The summed E-state index contributed by atoms with van der Waals surface area (Å²) >= 11 is 3.20. The van der Waals surface area contributed by atoms with Crippen molar-refractivity contribution >= 4 is 40.0 Å². The molecule has 0 atom stereocenters. The molecule has 2 aromatic carbocycles. The average molecular weight is 516 g/mol. The number of hydrogen-bond acceptors (Lipinski definition) is 7. The van der Waals surface area contributed by atoms with Gasteiger partial charge in [0.05, 0.1) is 10.4 Å². The van der Waals surface area contributed by atoms with Crippen LogP contribution in [0.5, 0.6) is 0 Å². The monoisotopic (exact) mass is 515 g/mol. The minimum atomic E-state index is 0.117. The Bertz CT molecular complexity index is 1320. The smallest absolute Gasteiger partial charge is 0.254 e. The number of nitrogens with zero attached hydrogens (tertiary/aromatic N) is 4. The van der Waals surface area contributed by atoms with Crippen molar-refractivity contribution < 1.29 is 4.79 Å². The molecule has 0 saturated carbocycles. The van der Waals surface area contributed by atoms with E-state index < -0.39 is 0 Å². The Morgan fingerprint density at radius 3 is 2.56 bits per heavy atom. The van der Waals surface area contributed by atoms with Gasteiger partial charge in [-0.05, 0) is 49.2 Å². The summed E-state index contributed by atoms with van der Waals surface area (Å²) in [7, 11) is 0. The Morgan fingerprint density at radius 1 is 1.00 bits per heavy atom. The number of hydrogen-bond donors (Lipinski definition) is 1. The molecule has 5 rings (SSSR count). The molecule has 1 fully saturated rings. The van der Waals surface area contributed by atoms with Gasteiger partial charge in [-0.1, -0.05) is 65.1 Å². The summed E-state index contributed by atoms with van der Waals surface area (Å²) in [5.41, 5.74) is 4.39. The molecule has 0 bridgehead atoms. The van der Waals surface area contributed by atoms with E-state index in [1.54, 1.807) is 29.3 Å². The Hall–Kier alpha value is -3.20. The summed E-state index contributed by atoms with van der Waals surface area (Å²) in [6, 6.07) is 20.6. The van der Waals surface area contributed by atoms with Crippen LogP contribution < -0.4 is 5.32 Å². The van der Waals surface area contributed by atoms with Gasteiger partial charge in [-0.25, -0.2) is 9.97 Å². The van der Waals surface area contributed by atoms with Crippen LogP contribution in [0.1, 0.15) is 27.0 Å². The highest BCUT2D eigenvalue weighted by Crippen LogP contribution is 2.35. The molecule has 6 nitrogen and oxygen atoms in total. The highest BCUT2D eigenvalue weighted by molar-refractivity contribution is 8.01. The van der Waals surface area contributed by atoms with Gasteiger partial charge in [-0.2, -0.15) is 0 Å². The zero-order valence-electron chi connectivity index (χ0n) is 20.5. The molecule has 2 aromatic heterocycles. The summed E-state index contributed by atoms with van der Waals surface area (Å²) in [5, 5.41) is 4.03. The van der Waals surface area contributed by atoms with Crippen molar-refractivity contribution in [2.45, 2.75) is 29.5 Å². The summed E-state index contributed by atoms with van der Waals surface area (Å²) < 4.78 is 1.06. The second kappa shape index (κ2) is 11.2. The lowest BCUT2D eigenvalue weighted by atomic mass is 10.1. The quantitative estimate of drug-likeness (QED) is 0.325. The van der Waals surface area contributed by atoms with E-state index in [4.69, 9.17) is 0 Å². The predicted octanol–water partition coefficient (Wildman–Crippen LogP) is 6.01. The molecule has 36 heavy (non-hydrogen) atoms. The molecule has 1 saturated heterocycles. The van der Waals surface area contributed by atoms with E-state index >= 15 is 0 Å². The average Bonchev–Trinajstić information content (AvgIpc) is 3.33. The standard InChI is InChI=1S/C28H29N5OS2/c1-20-6-9-22(10-7-20)19-32-13-15-33(16-14-32)27(34)24-17-23(11-8-21(24)2)35-26-18-30-28(36-26)31-25-5-3-4-12-29-25/h3-12,17-18H,13-16,19H2,1-2H3,(H,29,30,31).